The molecule has 0 aliphatic heterocycles. The van der Waals surface area contributed by atoms with Gasteiger partial charge in [-0.05, 0) is 19.3 Å². The summed E-state index contributed by atoms with van der Waals surface area (Å²) in [7, 11) is 0. The van der Waals surface area contributed by atoms with Gasteiger partial charge in [0.1, 0.15) is 0 Å². The van der Waals surface area contributed by atoms with Gasteiger partial charge in [0.05, 0.1) is 12.1 Å². The van der Waals surface area contributed by atoms with Crippen molar-refractivity contribution in [1.82, 2.24) is 5.32 Å². The highest BCUT2D eigenvalue weighted by molar-refractivity contribution is 5.82. The number of hydrogen-bond donors (Lipinski definition) is 2. The summed E-state index contributed by atoms with van der Waals surface area (Å²) in [6.07, 6.45) is 2.05. The molecule has 0 saturated heterocycles. The molecule has 0 aromatic carbocycles. The smallest absolute Gasteiger partial charge is 0.237 e. The van der Waals surface area contributed by atoms with Crippen LogP contribution in [-0.4, -0.2) is 30.7 Å². The monoisotopic (exact) mass is 256 g/mol. The zero-order valence-electron chi connectivity index (χ0n) is 12.3. The largest absolute Gasteiger partial charge is 0.378 e. The second kappa shape index (κ2) is 6.02. The Morgan fingerprint density at radius 2 is 2.11 bits per heavy atom. The molecule has 1 rings (SSSR count). The first kappa shape index (κ1) is 15.4. The van der Waals surface area contributed by atoms with E-state index in [1.165, 1.54) is 0 Å². The van der Waals surface area contributed by atoms with Gasteiger partial charge in [-0.3, -0.25) is 4.79 Å². The molecule has 0 spiro atoms. The third-order valence-corrected chi connectivity index (χ3v) is 4.42. The summed E-state index contributed by atoms with van der Waals surface area (Å²) in [5, 5.41) is 3.07. The Morgan fingerprint density at radius 1 is 1.50 bits per heavy atom. The summed E-state index contributed by atoms with van der Waals surface area (Å²) in [4.78, 5) is 12.0. The molecule has 4 nitrogen and oxygen atoms in total. The molecule has 0 aromatic rings. The molecule has 1 saturated carbocycles. The van der Waals surface area contributed by atoms with Gasteiger partial charge in [-0.25, -0.2) is 0 Å². The summed E-state index contributed by atoms with van der Waals surface area (Å²) in [5.41, 5.74) is 5.94. The van der Waals surface area contributed by atoms with E-state index < -0.39 is 6.04 Å². The summed E-state index contributed by atoms with van der Waals surface area (Å²) >= 11 is 0. The van der Waals surface area contributed by atoms with Crippen molar-refractivity contribution >= 4 is 5.91 Å². The van der Waals surface area contributed by atoms with Crippen molar-refractivity contribution in [3.05, 3.63) is 0 Å². The summed E-state index contributed by atoms with van der Waals surface area (Å²) in [5.74, 6) is 0.188. The van der Waals surface area contributed by atoms with E-state index >= 15 is 0 Å². The lowest BCUT2D eigenvalue weighted by Crippen LogP contribution is -2.64. The SMILES string of the molecule is CCOC1CC(NC(=O)[C@@H](N)[C@@H](C)CC)C1(C)C. The van der Waals surface area contributed by atoms with Crippen molar-refractivity contribution in [3.8, 4) is 0 Å². The number of carbonyl (C=O) groups is 1. The zero-order valence-corrected chi connectivity index (χ0v) is 12.3. The fourth-order valence-electron chi connectivity index (χ4n) is 2.39. The van der Waals surface area contributed by atoms with Crippen LogP contribution in [0.25, 0.3) is 0 Å². The molecule has 2 unspecified atom stereocenters. The van der Waals surface area contributed by atoms with Crippen LogP contribution in [-0.2, 0) is 9.53 Å². The second-order valence-electron chi connectivity index (χ2n) is 5.97. The first-order valence-electron chi connectivity index (χ1n) is 7.02. The number of nitrogens with one attached hydrogen (secondary N) is 1. The maximum absolute atomic E-state index is 12.0. The Bertz CT molecular complexity index is 292. The van der Waals surface area contributed by atoms with Gasteiger partial charge in [-0.1, -0.05) is 34.1 Å². The van der Waals surface area contributed by atoms with E-state index in [1.54, 1.807) is 0 Å². The van der Waals surface area contributed by atoms with E-state index in [2.05, 4.69) is 26.1 Å². The molecule has 18 heavy (non-hydrogen) atoms. The number of rotatable bonds is 6. The summed E-state index contributed by atoms with van der Waals surface area (Å²) in [6.45, 7) is 11.1. The fraction of sp³-hybridized carbons (Fsp3) is 0.929. The maximum atomic E-state index is 12.0. The molecule has 1 aliphatic carbocycles. The molecule has 3 N–H and O–H groups in total. The molecule has 106 valence electrons. The molecular weight excluding hydrogens is 228 g/mol. The zero-order chi connectivity index (χ0) is 13.9. The van der Waals surface area contributed by atoms with Gasteiger partial charge in [-0.15, -0.1) is 0 Å². The first-order valence-corrected chi connectivity index (χ1v) is 7.02. The van der Waals surface area contributed by atoms with Crippen molar-refractivity contribution < 1.29 is 9.53 Å². The van der Waals surface area contributed by atoms with Gasteiger partial charge >= 0.3 is 0 Å². The predicted molar refractivity (Wildman–Crippen MR) is 73.2 cm³/mol. The number of hydrogen-bond acceptors (Lipinski definition) is 3. The number of nitrogens with two attached hydrogens (primary N) is 1. The lowest BCUT2D eigenvalue weighted by Gasteiger charge is -2.51. The molecule has 1 amide bonds. The van der Waals surface area contributed by atoms with Gasteiger partial charge in [0, 0.05) is 18.1 Å². The highest BCUT2D eigenvalue weighted by atomic mass is 16.5. The molecule has 0 aromatic heterocycles. The molecular formula is C14H28N2O2. The third kappa shape index (κ3) is 3.04. The maximum Gasteiger partial charge on any atom is 0.237 e. The topological polar surface area (TPSA) is 64.3 Å². The van der Waals surface area contributed by atoms with Crippen LogP contribution in [0.4, 0.5) is 0 Å². The minimum absolute atomic E-state index is 0.000836. The van der Waals surface area contributed by atoms with Gasteiger partial charge in [0.25, 0.3) is 0 Å². The Labute approximate surface area is 111 Å². The van der Waals surface area contributed by atoms with Crippen LogP contribution in [0.1, 0.15) is 47.5 Å². The number of carbonyl (C=O) groups excluding carboxylic acids is 1. The number of ether oxygens (including phenoxy) is 1. The van der Waals surface area contributed by atoms with Gasteiger partial charge < -0.3 is 15.8 Å². The lowest BCUT2D eigenvalue weighted by atomic mass is 9.64. The standard InChI is InChI=1S/C14H28N2O2/c1-6-9(3)12(15)13(17)16-10-8-11(18-7-2)14(10,4)5/h9-12H,6-8,15H2,1-5H3,(H,16,17)/t9-,10?,11?,12-/m0/s1. The Kier molecular flexibility index (Phi) is 5.17. The van der Waals surface area contributed by atoms with Crippen LogP contribution in [0.15, 0.2) is 0 Å². The van der Waals surface area contributed by atoms with E-state index in [1.807, 2.05) is 13.8 Å². The third-order valence-electron chi connectivity index (χ3n) is 4.42. The van der Waals surface area contributed by atoms with Crippen molar-refractivity contribution in [2.24, 2.45) is 17.1 Å². The normalized spacial score (nSPS) is 29.2. The van der Waals surface area contributed by atoms with Gasteiger partial charge in [0.2, 0.25) is 5.91 Å². The van der Waals surface area contributed by atoms with E-state index in [0.717, 1.165) is 19.4 Å². The van der Waals surface area contributed by atoms with Crippen LogP contribution < -0.4 is 11.1 Å². The van der Waals surface area contributed by atoms with Gasteiger partial charge in [0.15, 0.2) is 0 Å². The van der Waals surface area contributed by atoms with Crippen molar-refractivity contribution in [3.63, 3.8) is 0 Å². The summed E-state index contributed by atoms with van der Waals surface area (Å²) < 4.78 is 5.65. The van der Waals surface area contributed by atoms with E-state index in [-0.39, 0.29) is 29.4 Å². The highest BCUT2D eigenvalue weighted by Gasteiger charge is 2.49. The molecule has 1 aliphatic rings. The summed E-state index contributed by atoms with van der Waals surface area (Å²) in [6, 6.07) is -0.228. The molecule has 4 atom stereocenters. The minimum Gasteiger partial charge on any atom is -0.378 e. The average molecular weight is 256 g/mol. The van der Waals surface area contributed by atoms with Crippen molar-refractivity contribution in [2.45, 2.75) is 65.6 Å². The van der Waals surface area contributed by atoms with E-state index in [4.69, 9.17) is 10.5 Å². The van der Waals surface area contributed by atoms with E-state index in [0.29, 0.717) is 0 Å². The van der Waals surface area contributed by atoms with Crippen LogP contribution in [0, 0.1) is 11.3 Å². The van der Waals surface area contributed by atoms with Crippen LogP contribution in [0.2, 0.25) is 0 Å². The molecule has 4 heteroatoms. The van der Waals surface area contributed by atoms with Crippen molar-refractivity contribution in [2.75, 3.05) is 6.61 Å². The first-order chi connectivity index (χ1) is 8.34. The van der Waals surface area contributed by atoms with Crippen LogP contribution in [0.3, 0.4) is 0 Å². The number of amides is 1. The predicted octanol–water partition coefficient (Wildman–Crippen LogP) is 1.68. The fourth-order valence-corrected chi connectivity index (χ4v) is 2.39. The molecule has 0 bridgehead atoms. The Morgan fingerprint density at radius 3 is 2.56 bits per heavy atom. The van der Waals surface area contributed by atoms with Gasteiger partial charge in [-0.2, -0.15) is 0 Å². The quantitative estimate of drug-likeness (QED) is 0.760. The molecule has 0 heterocycles. The Hall–Kier alpha value is -0.610. The van der Waals surface area contributed by atoms with Crippen LogP contribution >= 0.6 is 0 Å². The lowest BCUT2D eigenvalue weighted by molar-refractivity contribution is -0.138. The van der Waals surface area contributed by atoms with Crippen LogP contribution in [0.5, 0.6) is 0 Å². The average Bonchev–Trinajstić information content (AvgIpc) is 2.35. The highest BCUT2D eigenvalue weighted by Crippen LogP contribution is 2.42. The minimum atomic E-state index is -0.406. The molecule has 1 fully saturated rings. The Balaban J connectivity index is 2.48. The molecule has 0 radical (unpaired) electrons. The second-order valence-corrected chi connectivity index (χ2v) is 5.97. The van der Waals surface area contributed by atoms with Crippen molar-refractivity contribution in [1.29, 1.82) is 0 Å². The van der Waals surface area contributed by atoms with E-state index in [9.17, 15) is 4.79 Å².